The number of aromatic amines is 1. The van der Waals surface area contributed by atoms with Crippen LogP contribution >= 0.6 is 11.6 Å². The molecule has 0 radical (unpaired) electrons. The molecule has 4 nitrogen and oxygen atoms in total. The van der Waals surface area contributed by atoms with Crippen LogP contribution in [0.1, 0.15) is 25.1 Å². The van der Waals surface area contributed by atoms with Gasteiger partial charge in [0, 0.05) is 17.5 Å². The van der Waals surface area contributed by atoms with Crippen molar-refractivity contribution in [2.24, 2.45) is 0 Å². The van der Waals surface area contributed by atoms with Crippen molar-refractivity contribution in [3.8, 4) is 11.3 Å². The first kappa shape index (κ1) is 12.8. The number of aryl methyl sites for hydroxylation is 1. The lowest BCUT2D eigenvalue weighted by Gasteiger charge is -2.13. The highest BCUT2D eigenvalue weighted by Crippen LogP contribution is 2.28. The van der Waals surface area contributed by atoms with Crippen molar-refractivity contribution in [3.63, 3.8) is 0 Å². The van der Waals surface area contributed by atoms with Crippen molar-refractivity contribution in [1.29, 1.82) is 0 Å². The minimum Gasteiger partial charge on any atom is -0.324 e. The van der Waals surface area contributed by atoms with Crippen LogP contribution in [-0.4, -0.2) is 15.2 Å². The smallest absolute Gasteiger partial charge is 0.267 e. The van der Waals surface area contributed by atoms with Gasteiger partial charge in [0.05, 0.1) is 5.69 Å². The number of pyridine rings is 1. The van der Waals surface area contributed by atoms with E-state index in [0.717, 1.165) is 22.5 Å². The second-order valence-corrected chi connectivity index (χ2v) is 4.29. The van der Waals surface area contributed by atoms with E-state index in [0.29, 0.717) is 12.8 Å². The van der Waals surface area contributed by atoms with Crippen molar-refractivity contribution in [2.45, 2.75) is 26.7 Å². The second kappa shape index (κ2) is 5.31. The molecule has 0 aliphatic rings. The summed E-state index contributed by atoms with van der Waals surface area (Å²) < 4.78 is 0. The number of aromatic nitrogens is 3. The molecule has 0 saturated carbocycles. The van der Waals surface area contributed by atoms with Crippen molar-refractivity contribution in [2.75, 3.05) is 0 Å². The molecule has 0 saturated heterocycles. The zero-order chi connectivity index (χ0) is 13.1. The number of nitrogens with one attached hydrogen (secondary N) is 1. The van der Waals surface area contributed by atoms with E-state index in [4.69, 9.17) is 11.6 Å². The molecular formula is C13H14ClN3O. The van der Waals surface area contributed by atoms with Crippen molar-refractivity contribution >= 4 is 11.6 Å². The fourth-order valence-corrected chi connectivity index (χ4v) is 2.30. The van der Waals surface area contributed by atoms with E-state index < -0.39 is 0 Å². The zero-order valence-electron chi connectivity index (χ0n) is 10.3. The van der Waals surface area contributed by atoms with Crippen molar-refractivity contribution in [3.05, 3.63) is 45.0 Å². The van der Waals surface area contributed by atoms with E-state index in [1.54, 1.807) is 6.20 Å². The Hall–Kier alpha value is -1.68. The number of hydrogen-bond acceptors (Lipinski definition) is 3. The lowest BCUT2D eigenvalue weighted by molar-refractivity contribution is 0.966. The summed E-state index contributed by atoms with van der Waals surface area (Å²) in [6, 6.07) is 3.69. The molecule has 2 aromatic rings. The maximum Gasteiger partial charge on any atom is 0.267 e. The molecular weight excluding hydrogens is 250 g/mol. The first-order chi connectivity index (χ1) is 8.69. The Balaban J connectivity index is 2.79. The van der Waals surface area contributed by atoms with Gasteiger partial charge in [-0.15, -0.1) is 0 Å². The Kier molecular flexibility index (Phi) is 3.77. The average molecular weight is 264 g/mol. The van der Waals surface area contributed by atoms with Crippen LogP contribution < -0.4 is 5.56 Å². The molecule has 2 rings (SSSR count). The van der Waals surface area contributed by atoms with Gasteiger partial charge in [0.25, 0.3) is 5.56 Å². The quantitative estimate of drug-likeness (QED) is 0.926. The van der Waals surface area contributed by atoms with Gasteiger partial charge in [-0.3, -0.25) is 4.79 Å². The van der Waals surface area contributed by atoms with E-state index >= 15 is 0 Å². The Labute approximate surface area is 110 Å². The topological polar surface area (TPSA) is 58.6 Å². The third kappa shape index (κ3) is 2.16. The minimum absolute atomic E-state index is 0.238. The number of rotatable bonds is 3. The third-order valence-corrected chi connectivity index (χ3v) is 3.27. The van der Waals surface area contributed by atoms with E-state index in [-0.39, 0.29) is 10.6 Å². The van der Waals surface area contributed by atoms with Crippen LogP contribution in [0.2, 0.25) is 5.02 Å². The SMILES string of the molecule is CCc1[nH]c(=O)c(Cl)c(CC)c1-c1cccnn1. The van der Waals surface area contributed by atoms with Crippen LogP contribution in [0.4, 0.5) is 0 Å². The molecule has 0 atom stereocenters. The Morgan fingerprint density at radius 3 is 2.67 bits per heavy atom. The Morgan fingerprint density at radius 1 is 1.33 bits per heavy atom. The van der Waals surface area contributed by atoms with Crippen LogP contribution in [0.3, 0.4) is 0 Å². The molecule has 0 spiro atoms. The fraction of sp³-hybridized carbons (Fsp3) is 0.308. The normalized spacial score (nSPS) is 10.6. The molecule has 94 valence electrons. The number of nitrogens with zero attached hydrogens (tertiary/aromatic N) is 2. The molecule has 2 heterocycles. The van der Waals surface area contributed by atoms with Gasteiger partial charge in [-0.1, -0.05) is 25.4 Å². The highest BCUT2D eigenvalue weighted by molar-refractivity contribution is 6.31. The van der Waals surface area contributed by atoms with Crippen LogP contribution in [0, 0.1) is 0 Å². The summed E-state index contributed by atoms with van der Waals surface area (Å²) in [7, 11) is 0. The fourth-order valence-electron chi connectivity index (χ4n) is 2.02. The summed E-state index contributed by atoms with van der Waals surface area (Å²) in [5.41, 5.74) is 3.08. The molecule has 1 N–H and O–H groups in total. The van der Waals surface area contributed by atoms with Gasteiger partial charge in [-0.25, -0.2) is 0 Å². The summed E-state index contributed by atoms with van der Waals surface area (Å²) in [5.74, 6) is 0. The largest absolute Gasteiger partial charge is 0.324 e. The van der Waals surface area contributed by atoms with E-state index in [9.17, 15) is 4.79 Å². The summed E-state index contributed by atoms with van der Waals surface area (Å²) in [6.45, 7) is 3.96. The van der Waals surface area contributed by atoms with Gasteiger partial charge >= 0.3 is 0 Å². The number of hydrogen-bond donors (Lipinski definition) is 1. The monoisotopic (exact) mass is 263 g/mol. The van der Waals surface area contributed by atoms with Gasteiger partial charge in [0.1, 0.15) is 5.02 Å². The van der Waals surface area contributed by atoms with E-state index in [1.165, 1.54) is 0 Å². The average Bonchev–Trinajstić information content (AvgIpc) is 2.42. The minimum atomic E-state index is -0.238. The molecule has 0 bridgehead atoms. The maximum absolute atomic E-state index is 11.7. The molecule has 0 aromatic carbocycles. The highest BCUT2D eigenvalue weighted by Gasteiger charge is 2.16. The highest BCUT2D eigenvalue weighted by atomic mass is 35.5. The van der Waals surface area contributed by atoms with Crippen molar-refractivity contribution in [1.82, 2.24) is 15.2 Å². The van der Waals surface area contributed by atoms with Crippen LogP contribution in [0.15, 0.2) is 23.1 Å². The summed E-state index contributed by atoms with van der Waals surface area (Å²) in [6.07, 6.45) is 3.01. The molecule has 18 heavy (non-hydrogen) atoms. The predicted octanol–water partition coefficient (Wildman–Crippen LogP) is 2.61. The molecule has 0 aliphatic heterocycles. The predicted molar refractivity (Wildman–Crippen MR) is 71.9 cm³/mol. The molecule has 0 fully saturated rings. The molecule has 0 amide bonds. The Morgan fingerprint density at radius 2 is 2.11 bits per heavy atom. The standard InChI is InChI=1S/C13H14ClN3O/c1-3-8-11(10-6-5-7-15-17-10)9(4-2)16-13(18)12(8)14/h5-7H,3-4H2,1-2H3,(H,16,18). The van der Waals surface area contributed by atoms with Gasteiger partial charge < -0.3 is 4.98 Å². The summed E-state index contributed by atoms with van der Waals surface area (Å²) in [5, 5.41) is 8.23. The second-order valence-electron chi connectivity index (χ2n) is 3.92. The third-order valence-electron chi connectivity index (χ3n) is 2.87. The van der Waals surface area contributed by atoms with E-state index in [2.05, 4.69) is 15.2 Å². The number of halogens is 1. The zero-order valence-corrected chi connectivity index (χ0v) is 11.1. The van der Waals surface area contributed by atoms with Crippen LogP contribution in [0.5, 0.6) is 0 Å². The Bertz CT molecular complexity index is 608. The van der Waals surface area contributed by atoms with Gasteiger partial charge in [0.15, 0.2) is 0 Å². The van der Waals surface area contributed by atoms with E-state index in [1.807, 2.05) is 26.0 Å². The molecule has 0 unspecified atom stereocenters. The number of H-pyrrole nitrogens is 1. The first-order valence-corrected chi connectivity index (χ1v) is 6.28. The van der Waals surface area contributed by atoms with Crippen molar-refractivity contribution < 1.29 is 0 Å². The maximum atomic E-state index is 11.7. The van der Waals surface area contributed by atoms with Gasteiger partial charge in [-0.05, 0) is 30.5 Å². The first-order valence-electron chi connectivity index (χ1n) is 5.90. The van der Waals surface area contributed by atoms with Gasteiger partial charge in [0.2, 0.25) is 0 Å². The lowest BCUT2D eigenvalue weighted by atomic mass is 9.99. The molecule has 0 aliphatic carbocycles. The van der Waals surface area contributed by atoms with Gasteiger partial charge in [-0.2, -0.15) is 10.2 Å². The van der Waals surface area contributed by atoms with Crippen LogP contribution in [-0.2, 0) is 12.8 Å². The summed E-state index contributed by atoms with van der Waals surface area (Å²) >= 11 is 6.09. The lowest BCUT2D eigenvalue weighted by Crippen LogP contribution is -2.14. The summed E-state index contributed by atoms with van der Waals surface area (Å²) in [4.78, 5) is 14.6. The van der Waals surface area contributed by atoms with Crippen LogP contribution in [0.25, 0.3) is 11.3 Å². The molecule has 5 heteroatoms. The molecule has 2 aromatic heterocycles.